The van der Waals surface area contributed by atoms with Gasteiger partial charge < -0.3 is 23.0 Å². The topological polar surface area (TPSA) is 145 Å². The second kappa shape index (κ2) is 31.1. The van der Waals surface area contributed by atoms with Crippen molar-refractivity contribution in [1.29, 1.82) is 0 Å². The van der Waals surface area contributed by atoms with Crippen molar-refractivity contribution in [3.63, 3.8) is 0 Å². The fraction of sp³-hybridized carbons (Fsp3) is 0.162. The number of imidazole rings is 4. The molecule has 0 radical (unpaired) electrons. The highest BCUT2D eigenvalue weighted by Gasteiger charge is 2.19. The summed E-state index contributed by atoms with van der Waals surface area (Å²) in [5.74, 6) is 5.19. The van der Waals surface area contributed by atoms with Crippen molar-refractivity contribution >= 4 is 142 Å². The standard InChI is InChI=1S/C26H20N4.C24H21N3O.2C24H21N3.CH4/c1-30-22-14-11-17-5-2-3-7-21(17)26(22)29-23(30)15-13-20-12-10-19-9-8-18-6-4-16-27-24(18)25(19)28-20;1-27-20-14-11-16-6-3-4-8-19(16)24(20)26-22(27)15-13-18-12-10-17-7-5-9-21(28-2)23(17)25-18;1-16-15-22-24(20-9-5-4-8-19(16)20)26-23(27(22)2)14-13-18-12-11-17-7-3-6-10-21(17)25-18;1-16-15-18-8-3-5-9-20(18)23-24(16)27(2)22(26-23)14-13-19-12-11-17-7-4-6-10-21(17)25-19;/h2-12,14,16H,13,15H2,1H3;3-12,14H,13,15H2,1-2H3;2*3-12,15H,13-14H2,1-2H3;1H4. The molecule has 0 saturated carbocycles. The van der Waals surface area contributed by atoms with E-state index in [2.05, 4.69) is 308 Å². The maximum absolute atomic E-state index is 5.47. The van der Waals surface area contributed by atoms with Gasteiger partial charge in [0.2, 0.25) is 0 Å². The monoisotopic (exact) mass is 1470 g/mol. The zero-order valence-electron chi connectivity index (χ0n) is 63.9. The molecule has 0 N–H and O–H groups in total. The van der Waals surface area contributed by atoms with Crippen LogP contribution >= 0.6 is 0 Å². The van der Waals surface area contributed by atoms with E-state index < -0.39 is 0 Å². The molecule has 21 aromatic rings. The van der Waals surface area contributed by atoms with Crippen molar-refractivity contribution in [2.45, 2.75) is 72.6 Å². The number of methoxy groups -OCH3 is 1. The highest BCUT2D eigenvalue weighted by Crippen LogP contribution is 2.34. The van der Waals surface area contributed by atoms with Gasteiger partial charge in [-0.1, -0.05) is 208 Å². The number of fused-ring (bicyclic) bond motifs is 18. The summed E-state index contributed by atoms with van der Waals surface area (Å²) >= 11 is 0. The SMILES string of the molecule is C.COc1cccc2ccc(CCc3nc4c5ccccc5ccc4n3C)nc12.Cc1cc2c(nc(CCc3ccc4ccccc4n3)n2C)c2ccccc12.Cc1cc2ccccc2c2nc(CCc3ccc4ccccc4n3)n(C)c12.Cn1c(CCc2ccc3ccc4cccnc4c3n2)nc2c3ccccc3ccc21. The van der Waals surface area contributed by atoms with Crippen molar-refractivity contribution < 1.29 is 4.74 Å². The van der Waals surface area contributed by atoms with Gasteiger partial charge >= 0.3 is 0 Å². The normalized spacial score (nSPS) is 11.5. The number of ether oxygens (including phenoxy) is 1. The van der Waals surface area contributed by atoms with E-state index >= 15 is 0 Å². The number of hydrogen-bond donors (Lipinski definition) is 0. The van der Waals surface area contributed by atoms with E-state index in [1.807, 2.05) is 36.5 Å². The van der Waals surface area contributed by atoms with Crippen molar-refractivity contribution in [3.05, 3.63) is 336 Å². The van der Waals surface area contributed by atoms with Crippen LogP contribution in [0.3, 0.4) is 0 Å². The lowest BCUT2D eigenvalue weighted by molar-refractivity contribution is 0.419. The van der Waals surface area contributed by atoms with Gasteiger partial charge in [-0.25, -0.2) is 24.9 Å². The van der Waals surface area contributed by atoms with Gasteiger partial charge in [-0.3, -0.25) is 19.9 Å². The van der Waals surface area contributed by atoms with Gasteiger partial charge in [0.05, 0.1) is 73.3 Å². The molecule has 113 heavy (non-hydrogen) atoms. The third-order valence-corrected chi connectivity index (χ3v) is 22.3. The lowest BCUT2D eigenvalue weighted by atomic mass is 10.0. The average molecular weight is 1470 g/mol. The Balaban J connectivity index is 0.000000109. The van der Waals surface area contributed by atoms with E-state index in [9.17, 15) is 0 Å². The molecule has 0 atom stereocenters. The van der Waals surface area contributed by atoms with Crippen LogP contribution in [0, 0.1) is 13.8 Å². The molecule has 9 aromatic heterocycles. The predicted octanol–water partition coefficient (Wildman–Crippen LogP) is 22.0. The Morgan fingerprint density at radius 1 is 0.265 bits per heavy atom. The molecule has 0 unspecified atom stereocenters. The van der Waals surface area contributed by atoms with Gasteiger partial charge in [-0.15, -0.1) is 0 Å². The number of pyridine rings is 5. The first-order chi connectivity index (χ1) is 54.9. The van der Waals surface area contributed by atoms with Gasteiger partial charge in [0, 0.05) is 131 Å². The van der Waals surface area contributed by atoms with Gasteiger partial charge in [0.25, 0.3) is 0 Å². The third-order valence-electron chi connectivity index (χ3n) is 22.3. The summed E-state index contributed by atoms with van der Waals surface area (Å²) in [6.07, 6.45) is 8.73. The van der Waals surface area contributed by atoms with E-state index in [4.69, 9.17) is 44.6 Å². The zero-order chi connectivity index (χ0) is 75.9. The molecule has 0 spiro atoms. The highest BCUT2D eigenvalue weighted by molar-refractivity contribution is 6.09. The molecule has 554 valence electrons. The van der Waals surface area contributed by atoms with E-state index in [1.165, 1.54) is 87.1 Å². The predicted molar refractivity (Wildman–Crippen MR) is 468 cm³/mol. The van der Waals surface area contributed by atoms with Crippen LogP contribution in [0.1, 0.15) is 64.6 Å². The molecule has 0 bridgehead atoms. The maximum Gasteiger partial charge on any atom is 0.145 e. The Labute approximate surface area is 655 Å². The fourth-order valence-corrected chi connectivity index (χ4v) is 16.2. The zero-order valence-corrected chi connectivity index (χ0v) is 63.9. The number of aromatic nitrogens is 13. The van der Waals surface area contributed by atoms with E-state index in [0.717, 1.165) is 169 Å². The minimum atomic E-state index is 0. The van der Waals surface area contributed by atoms with Crippen LogP contribution in [0.25, 0.3) is 142 Å². The van der Waals surface area contributed by atoms with Crippen LogP contribution < -0.4 is 4.74 Å². The van der Waals surface area contributed by atoms with Crippen molar-refractivity contribution in [2.24, 2.45) is 28.2 Å². The lowest BCUT2D eigenvalue weighted by Crippen LogP contribution is -2.02. The van der Waals surface area contributed by atoms with Gasteiger partial charge in [0.1, 0.15) is 34.6 Å². The van der Waals surface area contributed by atoms with Crippen LogP contribution in [0.5, 0.6) is 5.75 Å². The molecular formula is C99H87N13O. The summed E-state index contributed by atoms with van der Waals surface area (Å²) < 4.78 is 14.4. The molecule has 21 rings (SSSR count). The summed E-state index contributed by atoms with van der Waals surface area (Å²) in [6.45, 7) is 4.35. The van der Waals surface area contributed by atoms with Crippen LogP contribution in [-0.2, 0) is 79.6 Å². The molecular weight excluding hydrogens is 1390 g/mol. The number of para-hydroxylation sites is 3. The summed E-state index contributed by atoms with van der Waals surface area (Å²) in [5, 5.41) is 15.6. The summed E-state index contributed by atoms with van der Waals surface area (Å²) in [7, 11) is 10.1. The Hall–Kier alpha value is -13.6. The van der Waals surface area contributed by atoms with E-state index in [-0.39, 0.29) is 7.43 Å². The largest absolute Gasteiger partial charge is 0.494 e. The van der Waals surface area contributed by atoms with Gasteiger partial charge in [0.15, 0.2) is 0 Å². The summed E-state index contributed by atoms with van der Waals surface area (Å²) in [4.78, 5) is 43.9. The number of nitrogens with zero attached hydrogens (tertiary/aromatic N) is 13. The van der Waals surface area contributed by atoms with Crippen LogP contribution in [0.4, 0.5) is 0 Å². The molecule has 0 aliphatic heterocycles. The van der Waals surface area contributed by atoms with Crippen molar-refractivity contribution in [3.8, 4) is 5.75 Å². The number of aryl methyl sites for hydroxylation is 14. The minimum absolute atomic E-state index is 0. The second-order valence-corrected chi connectivity index (χ2v) is 29.2. The molecule has 0 amide bonds. The van der Waals surface area contributed by atoms with Crippen LogP contribution in [0.15, 0.2) is 279 Å². The Morgan fingerprint density at radius 3 is 1.19 bits per heavy atom. The molecule has 0 saturated heterocycles. The average Bonchev–Trinajstić information content (AvgIpc) is 1.63. The first kappa shape index (κ1) is 72.3. The second-order valence-electron chi connectivity index (χ2n) is 29.2. The molecule has 0 aliphatic carbocycles. The van der Waals surface area contributed by atoms with Crippen molar-refractivity contribution in [2.75, 3.05) is 7.11 Å². The van der Waals surface area contributed by atoms with Gasteiger partial charge in [-0.2, -0.15) is 0 Å². The first-order valence-corrected chi connectivity index (χ1v) is 38.5. The molecule has 0 fully saturated rings. The molecule has 9 heterocycles. The Kier molecular flexibility index (Phi) is 19.9. The highest BCUT2D eigenvalue weighted by atomic mass is 16.5. The van der Waals surface area contributed by atoms with Crippen LogP contribution in [-0.4, -0.2) is 70.2 Å². The number of hydrogen-bond acceptors (Lipinski definition) is 10. The third kappa shape index (κ3) is 14.1. The fourth-order valence-electron chi connectivity index (χ4n) is 16.2. The van der Waals surface area contributed by atoms with Crippen molar-refractivity contribution in [1.82, 2.24) is 63.1 Å². The van der Waals surface area contributed by atoms with E-state index in [0.29, 0.717) is 0 Å². The van der Waals surface area contributed by atoms with Gasteiger partial charge in [-0.05, 0) is 145 Å². The van der Waals surface area contributed by atoms with E-state index in [1.54, 1.807) is 7.11 Å². The lowest BCUT2D eigenvalue weighted by Gasteiger charge is -2.07. The number of benzene rings is 12. The number of rotatable bonds is 13. The molecule has 14 heteroatoms. The summed E-state index contributed by atoms with van der Waals surface area (Å²) in [5.41, 5.74) is 21.0. The smallest absolute Gasteiger partial charge is 0.145 e. The van der Waals surface area contributed by atoms with Crippen LogP contribution in [0.2, 0.25) is 0 Å². The first-order valence-electron chi connectivity index (χ1n) is 38.5. The molecule has 0 aliphatic rings. The quantitative estimate of drug-likeness (QED) is 0.102. The Morgan fingerprint density at radius 2 is 0.646 bits per heavy atom. The maximum atomic E-state index is 5.47. The summed E-state index contributed by atoms with van der Waals surface area (Å²) in [6, 6.07) is 94.9. The minimum Gasteiger partial charge on any atom is -0.494 e. The Bertz CT molecular complexity index is 7190. The molecule has 14 nitrogen and oxygen atoms in total. The molecule has 12 aromatic carbocycles.